The Labute approximate surface area is 59.5 Å². The molecule has 52 valence electrons. The molecule has 0 aliphatic rings. The van der Waals surface area contributed by atoms with Crippen molar-refractivity contribution in [3.63, 3.8) is 0 Å². The summed E-state index contributed by atoms with van der Waals surface area (Å²) in [6.45, 7) is 4.65. The zero-order valence-electron chi connectivity index (χ0n) is 5.69. The lowest BCUT2D eigenvalue weighted by atomic mass is 10.5. The van der Waals surface area contributed by atoms with Crippen LogP contribution in [-0.4, -0.2) is 5.97 Å². The lowest BCUT2D eigenvalue weighted by molar-refractivity contribution is -0.136. The van der Waals surface area contributed by atoms with Crippen molar-refractivity contribution in [2.45, 2.75) is 20.8 Å². The second kappa shape index (κ2) is 3.51. The summed E-state index contributed by atoms with van der Waals surface area (Å²) in [4.78, 5) is 10.2. The van der Waals surface area contributed by atoms with E-state index in [-0.39, 0.29) is 5.97 Å². The standard InChI is InChI=1S/C6H9ClO2/c1-4(7)5(2)9-6(3)8/h1-3H3/b5-4+. The molecule has 9 heavy (non-hydrogen) atoms. The van der Waals surface area contributed by atoms with Crippen LogP contribution in [0.25, 0.3) is 0 Å². The fourth-order valence-corrected chi connectivity index (χ4v) is 0.324. The summed E-state index contributed by atoms with van der Waals surface area (Å²) in [6, 6.07) is 0. The van der Waals surface area contributed by atoms with Crippen molar-refractivity contribution in [2.24, 2.45) is 0 Å². The summed E-state index contributed by atoms with van der Waals surface area (Å²) in [5.74, 6) is 0.122. The van der Waals surface area contributed by atoms with Gasteiger partial charge in [-0.25, -0.2) is 0 Å². The number of allylic oxidation sites excluding steroid dienone is 2. The Morgan fingerprint density at radius 2 is 1.78 bits per heavy atom. The SMILES string of the molecule is CC(=O)O/C(C)=C(\C)Cl. The number of halogens is 1. The number of carbonyl (C=O) groups is 1. The largest absolute Gasteiger partial charge is 0.430 e. The van der Waals surface area contributed by atoms with Gasteiger partial charge in [-0.2, -0.15) is 0 Å². The maximum Gasteiger partial charge on any atom is 0.307 e. The topological polar surface area (TPSA) is 26.3 Å². The molecule has 3 heteroatoms. The van der Waals surface area contributed by atoms with Gasteiger partial charge in [-0.15, -0.1) is 0 Å². The van der Waals surface area contributed by atoms with E-state index in [0.717, 1.165) is 0 Å². The quantitative estimate of drug-likeness (QED) is 0.420. The minimum absolute atomic E-state index is 0.340. The Kier molecular flexibility index (Phi) is 3.32. The van der Waals surface area contributed by atoms with Crippen LogP contribution in [0.4, 0.5) is 0 Å². The van der Waals surface area contributed by atoms with Gasteiger partial charge in [0.1, 0.15) is 5.76 Å². The number of esters is 1. The maximum atomic E-state index is 10.2. The molecule has 0 saturated heterocycles. The molecule has 0 amide bonds. The van der Waals surface area contributed by atoms with E-state index in [0.29, 0.717) is 10.8 Å². The van der Waals surface area contributed by atoms with E-state index in [1.54, 1.807) is 13.8 Å². The van der Waals surface area contributed by atoms with Crippen molar-refractivity contribution in [3.05, 3.63) is 10.8 Å². The van der Waals surface area contributed by atoms with Crippen LogP contribution in [0.2, 0.25) is 0 Å². The minimum Gasteiger partial charge on any atom is -0.430 e. The third kappa shape index (κ3) is 4.03. The normalized spacial score (nSPS) is 12.4. The van der Waals surface area contributed by atoms with Crippen molar-refractivity contribution < 1.29 is 9.53 Å². The molecule has 0 unspecified atom stereocenters. The summed E-state index contributed by atoms with van der Waals surface area (Å²) in [5.41, 5.74) is 0. The molecule has 0 heterocycles. The predicted molar refractivity (Wildman–Crippen MR) is 36.0 cm³/mol. The number of hydrogen-bond donors (Lipinski definition) is 0. The van der Waals surface area contributed by atoms with E-state index < -0.39 is 0 Å². The third-order valence-corrected chi connectivity index (χ3v) is 1.05. The molecule has 2 nitrogen and oxygen atoms in total. The Balaban J connectivity index is 3.92. The third-order valence-electron chi connectivity index (χ3n) is 0.782. The van der Waals surface area contributed by atoms with Gasteiger partial charge in [0.2, 0.25) is 0 Å². The van der Waals surface area contributed by atoms with Crippen LogP contribution in [-0.2, 0) is 9.53 Å². The highest BCUT2D eigenvalue weighted by molar-refractivity contribution is 6.29. The molecule has 0 N–H and O–H groups in total. The molecule has 0 aromatic heterocycles. The van der Waals surface area contributed by atoms with Crippen LogP contribution in [0.1, 0.15) is 20.8 Å². The summed E-state index contributed by atoms with van der Waals surface area (Å²) >= 11 is 5.47. The van der Waals surface area contributed by atoms with Gasteiger partial charge in [-0.3, -0.25) is 4.79 Å². The minimum atomic E-state index is -0.340. The van der Waals surface area contributed by atoms with Crippen molar-refractivity contribution in [1.29, 1.82) is 0 Å². The lowest BCUT2D eigenvalue weighted by Crippen LogP contribution is -1.96. The summed E-state index contributed by atoms with van der Waals surface area (Å²) in [6.07, 6.45) is 0. The first-order valence-electron chi connectivity index (χ1n) is 2.55. The molecule has 0 radical (unpaired) electrons. The van der Waals surface area contributed by atoms with Gasteiger partial charge < -0.3 is 4.74 Å². The second-order valence-corrected chi connectivity index (χ2v) is 2.25. The van der Waals surface area contributed by atoms with Crippen LogP contribution in [0.15, 0.2) is 10.8 Å². The van der Waals surface area contributed by atoms with Crippen LogP contribution < -0.4 is 0 Å². The molecule has 0 aliphatic carbocycles. The fraction of sp³-hybridized carbons (Fsp3) is 0.500. The van der Waals surface area contributed by atoms with E-state index in [4.69, 9.17) is 11.6 Å². The monoisotopic (exact) mass is 148 g/mol. The van der Waals surface area contributed by atoms with E-state index >= 15 is 0 Å². The summed E-state index contributed by atoms with van der Waals surface area (Å²) in [5, 5.41) is 0.505. The van der Waals surface area contributed by atoms with Gasteiger partial charge in [0.05, 0.1) is 5.03 Å². The first-order valence-corrected chi connectivity index (χ1v) is 2.93. The fourth-order valence-electron chi connectivity index (χ4n) is 0.286. The molecule has 0 fully saturated rings. The lowest BCUT2D eigenvalue weighted by Gasteiger charge is -1.99. The van der Waals surface area contributed by atoms with Gasteiger partial charge in [0.25, 0.3) is 0 Å². The Hall–Kier alpha value is -0.500. The van der Waals surface area contributed by atoms with E-state index in [1.807, 2.05) is 0 Å². The van der Waals surface area contributed by atoms with Gasteiger partial charge >= 0.3 is 5.97 Å². The molecule has 0 aliphatic heterocycles. The molecule has 0 saturated carbocycles. The second-order valence-electron chi connectivity index (χ2n) is 1.68. The van der Waals surface area contributed by atoms with Crippen LogP contribution >= 0.6 is 11.6 Å². The predicted octanol–water partition coefficient (Wildman–Crippen LogP) is 2.04. The van der Waals surface area contributed by atoms with Crippen LogP contribution in [0, 0.1) is 0 Å². The van der Waals surface area contributed by atoms with E-state index in [2.05, 4.69) is 4.74 Å². The van der Waals surface area contributed by atoms with Crippen LogP contribution in [0.3, 0.4) is 0 Å². The molecule has 0 aromatic rings. The highest BCUT2D eigenvalue weighted by Gasteiger charge is 1.96. The molecule has 0 spiro atoms. The molecule has 0 aromatic carbocycles. The van der Waals surface area contributed by atoms with Crippen LogP contribution in [0.5, 0.6) is 0 Å². The zero-order chi connectivity index (χ0) is 7.44. The van der Waals surface area contributed by atoms with Gasteiger partial charge in [-0.1, -0.05) is 11.6 Å². The maximum absolute atomic E-state index is 10.2. The summed E-state index contributed by atoms with van der Waals surface area (Å²) in [7, 11) is 0. The number of ether oxygens (including phenoxy) is 1. The van der Waals surface area contributed by atoms with Gasteiger partial charge in [0, 0.05) is 6.92 Å². The molecular weight excluding hydrogens is 140 g/mol. The van der Waals surface area contributed by atoms with Gasteiger partial charge in [-0.05, 0) is 13.8 Å². The molecule has 0 bridgehead atoms. The first kappa shape index (κ1) is 8.50. The number of carbonyl (C=O) groups excluding carboxylic acids is 1. The van der Waals surface area contributed by atoms with Crippen molar-refractivity contribution >= 4 is 17.6 Å². The molecule has 0 rings (SSSR count). The van der Waals surface area contributed by atoms with Crippen molar-refractivity contribution in [1.82, 2.24) is 0 Å². The van der Waals surface area contributed by atoms with Crippen molar-refractivity contribution in [2.75, 3.05) is 0 Å². The highest BCUT2D eigenvalue weighted by atomic mass is 35.5. The van der Waals surface area contributed by atoms with Gasteiger partial charge in [0.15, 0.2) is 0 Å². The summed E-state index contributed by atoms with van der Waals surface area (Å²) < 4.78 is 4.62. The highest BCUT2D eigenvalue weighted by Crippen LogP contribution is 2.08. The Morgan fingerprint density at radius 3 is 1.89 bits per heavy atom. The average molecular weight is 149 g/mol. The molecular formula is C6H9ClO2. The molecule has 0 atom stereocenters. The average Bonchev–Trinajstić information content (AvgIpc) is 1.63. The van der Waals surface area contributed by atoms with E-state index in [1.165, 1.54) is 6.92 Å². The smallest absolute Gasteiger partial charge is 0.307 e. The number of hydrogen-bond acceptors (Lipinski definition) is 2. The Bertz CT molecular complexity index is 145. The first-order chi connectivity index (χ1) is 4.04. The number of rotatable bonds is 1. The van der Waals surface area contributed by atoms with Crippen molar-refractivity contribution in [3.8, 4) is 0 Å². The Morgan fingerprint density at radius 1 is 1.33 bits per heavy atom. The van der Waals surface area contributed by atoms with E-state index in [9.17, 15) is 4.79 Å². The zero-order valence-corrected chi connectivity index (χ0v) is 6.45.